The van der Waals surface area contributed by atoms with E-state index in [0.29, 0.717) is 18.3 Å². The van der Waals surface area contributed by atoms with Gasteiger partial charge in [0.15, 0.2) is 0 Å². The Bertz CT molecular complexity index is 801. The van der Waals surface area contributed by atoms with Crippen LogP contribution in [-0.4, -0.2) is 52.5 Å². The van der Waals surface area contributed by atoms with Gasteiger partial charge in [0, 0.05) is 19.1 Å². The lowest BCUT2D eigenvalue weighted by molar-refractivity contribution is -0.180. The van der Waals surface area contributed by atoms with Crippen molar-refractivity contribution in [2.24, 2.45) is 46.3 Å². The van der Waals surface area contributed by atoms with E-state index < -0.39 is 11.8 Å². The fourth-order valence-corrected chi connectivity index (χ4v) is 10.0. The lowest BCUT2D eigenvalue weighted by Gasteiger charge is -2.58. The zero-order chi connectivity index (χ0) is 22.5. The van der Waals surface area contributed by atoms with Crippen molar-refractivity contribution >= 4 is 0 Å². The number of hydrogen-bond acceptors (Lipinski definition) is 5. The largest absolute Gasteiger partial charge is 0.396 e. The molecule has 0 radical (unpaired) electrons. The van der Waals surface area contributed by atoms with E-state index in [1.807, 2.05) is 0 Å². The number of allylic oxidation sites excluding steroid dienone is 1. The van der Waals surface area contributed by atoms with Crippen LogP contribution in [0.2, 0.25) is 0 Å². The van der Waals surface area contributed by atoms with Gasteiger partial charge in [-0.1, -0.05) is 32.4 Å². The second kappa shape index (κ2) is 7.27. The Morgan fingerprint density at radius 2 is 1.94 bits per heavy atom. The quantitative estimate of drug-likeness (QED) is 0.466. The van der Waals surface area contributed by atoms with Crippen LogP contribution in [0.5, 0.6) is 0 Å². The third-order valence-electron chi connectivity index (χ3n) is 11.7. The number of piperidine rings is 1. The molecule has 0 amide bonds. The first kappa shape index (κ1) is 22.0. The fourth-order valence-electron chi connectivity index (χ4n) is 10.0. The topological polar surface area (TPSA) is 82.0 Å². The van der Waals surface area contributed by atoms with Crippen molar-refractivity contribution in [2.75, 3.05) is 13.2 Å². The van der Waals surface area contributed by atoms with E-state index in [-0.39, 0.29) is 41.5 Å². The van der Waals surface area contributed by atoms with Crippen molar-refractivity contribution in [1.82, 2.24) is 5.32 Å². The van der Waals surface area contributed by atoms with Crippen molar-refractivity contribution in [3.63, 3.8) is 0 Å². The van der Waals surface area contributed by atoms with Gasteiger partial charge in [0.05, 0.1) is 18.3 Å². The van der Waals surface area contributed by atoms with Crippen molar-refractivity contribution in [1.29, 1.82) is 0 Å². The van der Waals surface area contributed by atoms with Crippen LogP contribution in [0.25, 0.3) is 0 Å². The number of hydrogen-bond donors (Lipinski definition) is 4. The van der Waals surface area contributed by atoms with Gasteiger partial charge < -0.3 is 20.1 Å². The molecule has 0 aromatic heterocycles. The third-order valence-corrected chi connectivity index (χ3v) is 11.7. The summed E-state index contributed by atoms with van der Waals surface area (Å²) >= 11 is 0. The standard InChI is InChI=1S/C27H43NO4/c1-15-24-22(32-27(15)23(31)10-16(14-29)13-28-27)12-21-19-5-4-17-11-18(30)6-8-25(17,2)20(19)7-9-26(21,24)3/h4,15-16,18-24,28-31H,5-14H2,1-3H3/t15-,16+,18-,19+,20-,21-,22-,23-,24-,25-,26-,27-/m0/s1. The first-order chi connectivity index (χ1) is 15.2. The molecule has 0 unspecified atom stereocenters. The molecule has 2 aliphatic heterocycles. The van der Waals surface area contributed by atoms with Gasteiger partial charge in [-0.05, 0) is 91.8 Å². The summed E-state index contributed by atoms with van der Waals surface area (Å²) in [7, 11) is 0. The maximum atomic E-state index is 11.1. The molecule has 6 rings (SSSR count). The molecule has 0 aromatic rings. The predicted molar refractivity (Wildman–Crippen MR) is 123 cm³/mol. The summed E-state index contributed by atoms with van der Waals surface area (Å²) in [5.74, 6) is 3.00. The molecule has 0 aromatic carbocycles. The molecular formula is C27H43NO4. The highest BCUT2D eigenvalue weighted by atomic mass is 16.5. The van der Waals surface area contributed by atoms with E-state index in [1.165, 1.54) is 24.8 Å². The summed E-state index contributed by atoms with van der Waals surface area (Å²) in [6.07, 6.45) is 10.4. The smallest absolute Gasteiger partial charge is 0.148 e. The van der Waals surface area contributed by atoms with E-state index in [2.05, 4.69) is 32.2 Å². The molecule has 32 heavy (non-hydrogen) atoms. The van der Waals surface area contributed by atoms with E-state index in [0.717, 1.165) is 44.1 Å². The Hall–Kier alpha value is -0.460. The molecule has 1 spiro atoms. The van der Waals surface area contributed by atoms with Crippen LogP contribution in [0.3, 0.4) is 0 Å². The Morgan fingerprint density at radius 3 is 2.69 bits per heavy atom. The minimum absolute atomic E-state index is 0.114. The molecule has 2 heterocycles. The van der Waals surface area contributed by atoms with Gasteiger partial charge in [0.2, 0.25) is 0 Å². The van der Waals surface area contributed by atoms with Crippen molar-refractivity contribution in [3.05, 3.63) is 11.6 Å². The molecule has 5 heteroatoms. The molecule has 4 aliphatic carbocycles. The monoisotopic (exact) mass is 445 g/mol. The molecule has 12 atom stereocenters. The summed E-state index contributed by atoms with van der Waals surface area (Å²) in [4.78, 5) is 0. The number of ether oxygens (including phenoxy) is 1. The highest BCUT2D eigenvalue weighted by molar-refractivity contribution is 5.26. The van der Waals surface area contributed by atoms with E-state index in [4.69, 9.17) is 4.74 Å². The summed E-state index contributed by atoms with van der Waals surface area (Å²) in [6.45, 7) is 8.18. The molecule has 5 nitrogen and oxygen atoms in total. The van der Waals surface area contributed by atoms with Gasteiger partial charge in [-0.2, -0.15) is 0 Å². The van der Waals surface area contributed by atoms with Crippen LogP contribution in [0.15, 0.2) is 11.6 Å². The average molecular weight is 446 g/mol. The second-order valence-electron chi connectivity index (χ2n) is 12.9. The van der Waals surface area contributed by atoms with E-state index in [1.54, 1.807) is 0 Å². The van der Waals surface area contributed by atoms with Crippen molar-refractivity contribution in [2.45, 2.75) is 96.2 Å². The van der Waals surface area contributed by atoms with Gasteiger partial charge in [-0.15, -0.1) is 0 Å². The zero-order valence-corrected chi connectivity index (χ0v) is 20.1. The molecule has 6 aliphatic rings. The minimum Gasteiger partial charge on any atom is -0.396 e. The zero-order valence-electron chi connectivity index (χ0n) is 20.1. The lowest BCUT2D eigenvalue weighted by atomic mass is 9.46. The van der Waals surface area contributed by atoms with Crippen molar-refractivity contribution in [3.8, 4) is 0 Å². The first-order valence-electron chi connectivity index (χ1n) is 13.3. The summed E-state index contributed by atoms with van der Waals surface area (Å²) in [6, 6.07) is 0. The minimum atomic E-state index is -0.642. The predicted octanol–water partition coefficient (Wildman–Crippen LogP) is 3.23. The Balaban J connectivity index is 1.27. The molecule has 4 N–H and O–H groups in total. The van der Waals surface area contributed by atoms with Crippen LogP contribution < -0.4 is 5.32 Å². The molecule has 3 saturated carbocycles. The number of aliphatic hydroxyl groups excluding tert-OH is 3. The fraction of sp³-hybridized carbons (Fsp3) is 0.926. The number of fused-ring (bicyclic) bond motifs is 7. The number of rotatable bonds is 1. The number of aliphatic hydroxyl groups is 3. The second-order valence-corrected chi connectivity index (χ2v) is 12.9. The van der Waals surface area contributed by atoms with E-state index in [9.17, 15) is 15.3 Å². The maximum absolute atomic E-state index is 11.1. The van der Waals surface area contributed by atoms with Gasteiger partial charge in [0.25, 0.3) is 0 Å². The highest BCUT2D eigenvalue weighted by Gasteiger charge is 2.69. The summed E-state index contributed by atoms with van der Waals surface area (Å²) in [5.41, 5.74) is 1.43. The van der Waals surface area contributed by atoms with Gasteiger partial charge in [0.1, 0.15) is 5.72 Å². The highest BCUT2D eigenvalue weighted by Crippen LogP contribution is 2.70. The normalized spacial score (nSPS) is 59.2. The first-order valence-corrected chi connectivity index (χ1v) is 13.3. The SMILES string of the molecule is C[C@H]1[C@H]2[C@H](C[C@H]3[C@@H]4CC=C5C[C@@H](O)CC[C@]5(C)[C@H]4CC[C@]23C)O[C@@]12NC[C@H](CO)C[C@@H]2O. The van der Waals surface area contributed by atoms with Crippen LogP contribution in [0, 0.1) is 46.3 Å². The van der Waals surface area contributed by atoms with Crippen LogP contribution in [0.4, 0.5) is 0 Å². The lowest BCUT2D eigenvalue weighted by Crippen LogP contribution is -2.64. The van der Waals surface area contributed by atoms with Crippen LogP contribution in [-0.2, 0) is 4.74 Å². The van der Waals surface area contributed by atoms with Crippen LogP contribution in [0.1, 0.15) is 72.1 Å². The van der Waals surface area contributed by atoms with Crippen LogP contribution >= 0.6 is 0 Å². The van der Waals surface area contributed by atoms with Gasteiger partial charge in [-0.3, -0.25) is 5.32 Å². The molecule has 180 valence electrons. The van der Waals surface area contributed by atoms with Gasteiger partial charge >= 0.3 is 0 Å². The van der Waals surface area contributed by atoms with Crippen molar-refractivity contribution < 1.29 is 20.1 Å². The maximum Gasteiger partial charge on any atom is 0.148 e. The Kier molecular flexibility index (Phi) is 5.01. The molecule has 5 fully saturated rings. The molecule has 0 bridgehead atoms. The van der Waals surface area contributed by atoms with E-state index >= 15 is 0 Å². The average Bonchev–Trinajstić information content (AvgIpc) is 3.22. The Morgan fingerprint density at radius 1 is 1.12 bits per heavy atom. The summed E-state index contributed by atoms with van der Waals surface area (Å²) in [5, 5.41) is 34.5. The summed E-state index contributed by atoms with van der Waals surface area (Å²) < 4.78 is 6.82. The molecular weight excluding hydrogens is 402 g/mol. The number of nitrogens with one attached hydrogen (secondary N) is 1. The van der Waals surface area contributed by atoms with Gasteiger partial charge in [-0.25, -0.2) is 0 Å². The Labute approximate surface area is 193 Å². The molecule has 2 saturated heterocycles. The third kappa shape index (κ3) is 2.75.